The Balaban J connectivity index is 3.06. The maximum atomic E-state index is 12.7. The molecule has 6 nitrogen and oxygen atoms in total. The van der Waals surface area contributed by atoms with Crippen molar-refractivity contribution < 1.29 is 8.42 Å². The normalized spacial score (nSPS) is 14.2. The van der Waals surface area contributed by atoms with Crippen molar-refractivity contribution >= 4 is 10.0 Å². The summed E-state index contributed by atoms with van der Waals surface area (Å²) in [6, 6.07) is 0.261. The van der Waals surface area contributed by atoms with Gasteiger partial charge in [0.1, 0.15) is 0 Å². The van der Waals surface area contributed by atoms with Gasteiger partial charge in [0.05, 0.1) is 6.20 Å². The van der Waals surface area contributed by atoms with Crippen LogP contribution in [0.4, 0.5) is 0 Å². The molecule has 1 atom stereocenters. The fourth-order valence-corrected chi connectivity index (χ4v) is 3.82. The highest BCUT2D eigenvalue weighted by Crippen LogP contribution is 2.20. The molecule has 0 fully saturated rings. The van der Waals surface area contributed by atoms with Gasteiger partial charge in [-0.15, -0.1) is 0 Å². The number of nitrogens with zero attached hydrogens (tertiary/aromatic N) is 2. The zero-order chi connectivity index (χ0) is 15.3. The van der Waals surface area contributed by atoms with Crippen LogP contribution in [0.25, 0.3) is 0 Å². The minimum absolute atomic E-state index is 0.0285. The Kier molecular flexibility index (Phi) is 6.16. The van der Waals surface area contributed by atoms with Gasteiger partial charge in [0.15, 0.2) is 5.03 Å². The van der Waals surface area contributed by atoms with E-state index < -0.39 is 10.0 Å². The van der Waals surface area contributed by atoms with E-state index in [1.54, 1.807) is 6.20 Å². The molecule has 2 N–H and O–H groups in total. The van der Waals surface area contributed by atoms with Crippen molar-refractivity contribution in [2.75, 3.05) is 6.54 Å². The maximum Gasteiger partial charge on any atom is 0.260 e. The first-order chi connectivity index (χ1) is 9.34. The van der Waals surface area contributed by atoms with Crippen LogP contribution >= 0.6 is 0 Å². The molecule has 0 bridgehead atoms. The van der Waals surface area contributed by atoms with Crippen molar-refractivity contribution in [3.63, 3.8) is 0 Å². The standard InChI is InChI=1S/C13H26N4O2S/c1-6-11(5)17(7-2)20(18,19)13-12(9-15-16-13)8-14-10(3)4/h9-11,14H,6-8H2,1-5H3,(H,15,16). The van der Waals surface area contributed by atoms with Crippen LogP contribution in [0.2, 0.25) is 0 Å². The van der Waals surface area contributed by atoms with E-state index >= 15 is 0 Å². The molecule has 1 heterocycles. The zero-order valence-electron chi connectivity index (χ0n) is 13.0. The predicted octanol–water partition coefficient (Wildman–Crippen LogP) is 1.72. The van der Waals surface area contributed by atoms with Crippen molar-refractivity contribution in [2.45, 2.75) is 64.7 Å². The second kappa shape index (κ2) is 7.19. The highest BCUT2D eigenvalue weighted by molar-refractivity contribution is 7.89. The fourth-order valence-electron chi connectivity index (χ4n) is 2.00. The quantitative estimate of drug-likeness (QED) is 0.766. The summed E-state index contributed by atoms with van der Waals surface area (Å²) in [6.45, 7) is 10.7. The maximum absolute atomic E-state index is 12.7. The van der Waals surface area contributed by atoms with E-state index in [-0.39, 0.29) is 17.1 Å². The molecule has 0 aliphatic rings. The Morgan fingerprint density at radius 2 is 2.00 bits per heavy atom. The van der Waals surface area contributed by atoms with Crippen molar-refractivity contribution in [1.29, 1.82) is 0 Å². The summed E-state index contributed by atoms with van der Waals surface area (Å²) in [7, 11) is -3.52. The number of H-pyrrole nitrogens is 1. The van der Waals surface area contributed by atoms with Crippen LogP contribution in [0.5, 0.6) is 0 Å². The Hall–Kier alpha value is -0.920. The summed E-state index contributed by atoms with van der Waals surface area (Å²) < 4.78 is 26.9. The molecule has 116 valence electrons. The number of hydrogen-bond acceptors (Lipinski definition) is 4. The number of aromatic amines is 1. The predicted molar refractivity (Wildman–Crippen MR) is 79.9 cm³/mol. The van der Waals surface area contributed by atoms with Crippen molar-refractivity contribution in [3.05, 3.63) is 11.8 Å². The number of nitrogens with one attached hydrogen (secondary N) is 2. The molecule has 1 aromatic rings. The second-order valence-corrected chi connectivity index (χ2v) is 7.05. The van der Waals surface area contributed by atoms with E-state index in [9.17, 15) is 8.42 Å². The lowest BCUT2D eigenvalue weighted by Crippen LogP contribution is -2.38. The summed E-state index contributed by atoms with van der Waals surface area (Å²) in [5.74, 6) is 0. The molecule has 0 saturated carbocycles. The largest absolute Gasteiger partial charge is 0.310 e. The summed E-state index contributed by atoms with van der Waals surface area (Å²) in [5, 5.41) is 9.96. The van der Waals surface area contributed by atoms with E-state index in [2.05, 4.69) is 15.5 Å². The van der Waals surface area contributed by atoms with E-state index in [0.717, 1.165) is 6.42 Å². The first-order valence-electron chi connectivity index (χ1n) is 7.12. The first kappa shape index (κ1) is 17.1. The summed E-state index contributed by atoms with van der Waals surface area (Å²) >= 11 is 0. The summed E-state index contributed by atoms with van der Waals surface area (Å²) in [4.78, 5) is 0. The molecule has 1 aromatic heterocycles. The van der Waals surface area contributed by atoms with E-state index in [0.29, 0.717) is 18.7 Å². The molecular formula is C13H26N4O2S. The van der Waals surface area contributed by atoms with Crippen LogP contribution in [0.3, 0.4) is 0 Å². The van der Waals surface area contributed by atoms with Crippen LogP contribution in [-0.4, -0.2) is 41.5 Å². The van der Waals surface area contributed by atoms with Crippen molar-refractivity contribution in [2.24, 2.45) is 0 Å². The smallest absolute Gasteiger partial charge is 0.260 e. The third-order valence-corrected chi connectivity index (χ3v) is 5.44. The van der Waals surface area contributed by atoms with Crippen LogP contribution in [0.1, 0.15) is 46.6 Å². The molecule has 1 unspecified atom stereocenters. The van der Waals surface area contributed by atoms with Crippen LogP contribution in [0.15, 0.2) is 11.2 Å². The van der Waals surface area contributed by atoms with Gasteiger partial charge in [0, 0.05) is 30.7 Å². The molecule has 0 spiro atoms. The fraction of sp³-hybridized carbons (Fsp3) is 0.769. The Labute approximate surface area is 122 Å². The number of rotatable bonds is 8. The van der Waals surface area contributed by atoms with Gasteiger partial charge in [0.25, 0.3) is 10.0 Å². The average molecular weight is 302 g/mol. The molecule has 7 heteroatoms. The van der Waals surface area contributed by atoms with E-state index in [1.165, 1.54) is 4.31 Å². The summed E-state index contributed by atoms with van der Waals surface area (Å²) in [5.41, 5.74) is 0.681. The van der Waals surface area contributed by atoms with Gasteiger partial charge in [0.2, 0.25) is 0 Å². The highest BCUT2D eigenvalue weighted by atomic mass is 32.2. The Bertz CT molecular complexity index is 510. The van der Waals surface area contributed by atoms with Gasteiger partial charge in [-0.05, 0) is 13.3 Å². The van der Waals surface area contributed by atoms with Gasteiger partial charge >= 0.3 is 0 Å². The van der Waals surface area contributed by atoms with E-state index in [4.69, 9.17) is 0 Å². The second-order valence-electron chi connectivity index (χ2n) is 5.23. The van der Waals surface area contributed by atoms with Crippen LogP contribution in [0, 0.1) is 0 Å². The number of hydrogen-bond donors (Lipinski definition) is 2. The van der Waals surface area contributed by atoms with Gasteiger partial charge < -0.3 is 5.32 Å². The lowest BCUT2D eigenvalue weighted by molar-refractivity contribution is 0.341. The third kappa shape index (κ3) is 3.80. The Morgan fingerprint density at radius 3 is 2.50 bits per heavy atom. The molecule has 0 radical (unpaired) electrons. The molecule has 0 amide bonds. The van der Waals surface area contributed by atoms with E-state index in [1.807, 2.05) is 34.6 Å². The van der Waals surface area contributed by atoms with Gasteiger partial charge in [-0.3, -0.25) is 5.10 Å². The van der Waals surface area contributed by atoms with Gasteiger partial charge in [-0.25, -0.2) is 8.42 Å². The molecule has 0 aromatic carbocycles. The lowest BCUT2D eigenvalue weighted by Gasteiger charge is -2.26. The topological polar surface area (TPSA) is 78.1 Å². The molecular weight excluding hydrogens is 276 g/mol. The summed E-state index contributed by atoms with van der Waals surface area (Å²) in [6.07, 6.45) is 2.35. The van der Waals surface area contributed by atoms with Gasteiger partial charge in [-0.2, -0.15) is 9.40 Å². The van der Waals surface area contributed by atoms with Crippen LogP contribution < -0.4 is 5.32 Å². The lowest BCUT2D eigenvalue weighted by atomic mass is 10.3. The number of aromatic nitrogens is 2. The van der Waals surface area contributed by atoms with Gasteiger partial charge in [-0.1, -0.05) is 27.7 Å². The number of sulfonamides is 1. The first-order valence-corrected chi connectivity index (χ1v) is 8.56. The third-order valence-electron chi connectivity index (χ3n) is 3.34. The molecule has 20 heavy (non-hydrogen) atoms. The van der Waals surface area contributed by atoms with Crippen molar-refractivity contribution in [3.8, 4) is 0 Å². The minimum Gasteiger partial charge on any atom is -0.310 e. The molecule has 1 rings (SSSR count). The minimum atomic E-state index is -3.52. The monoisotopic (exact) mass is 302 g/mol. The van der Waals surface area contributed by atoms with Crippen LogP contribution in [-0.2, 0) is 16.6 Å². The average Bonchev–Trinajstić information content (AvgIpc) is 2.85. The highest BCUT2D eigenvalue weighted by Gasteiger charge is 2.30. The molecule has 0 aliphatic carbocycles. The van der Waals surface area contributed by atoms with Crippen molar-refractivity contribution in [1.82, 2.24) is 19.8 Å². The molecule has 0 saturated heterocycles. The zero-order valence-corrected chi connectivity index (χ0v) is 13.8. The SMILES string of the molecule is CCC(C)N(CC)S(=O)(=O)c1[nH]ncc1CNC(C)C. The molecule has 0 aliphatic heterocycles. The Morgan fingerprint density at radius 1 is 1.35 bits per heavy atom.